The number of rotatable bonds is 2. The predicted molar refractivity (Wildman–Crippen MR) is 79.2 cm³/mol. The largest absolute Gasteiger partial charge is 0.356 e. The Hall–Kier alpha value is -1.63. The number of imidazole rings is 1. The van der Waals surface area contributed by atoms with Crippen LogP contribution in [0.25, 0.3) is 4.96 Å². The van der Waals surface area contributed by atoms with Gasteiger partial charge in [-0.15, -0.1) is 5.10 Å². The van der Waals surface area contributed by atoms with Gasteiger partial charge in [0.05, 0.1) is 11.9 Å². The molecule has 6 nitrogen and oxygen atoms in total. The molecule has 1 unspecified atom stereocenters. The van der Waals surface area contributed by atoms with E-state index in [-0.39, 0.29) is 17.4 Å². The maximum absolute atomic E-state index is 11.1. The molecule has 0 aromatic carbocycles. The Balaban J connectivity index is 1.74. The molecule has 0 aliphatic carbocycles. The van der Waals surface area contributed by atoms with Gasteiger partial charge in [0.1, 0.15) is 0 Å². The second kappa shape index (κ2) is 4.73. The minimum atomic E-state index is 0.0364. The van der Waals surface area contributed by atoms with E-state index in [2.05, 4.69) is 41.5 Å². The molecule has 2 N–H and O–H groups in total. The molecule has 1 atom stereocenters. The zero-order valence-corrected chi connectivity index (χ0v) is 12.8. The molecule has 3 rings (SSSR count). The molecule has 1 saturated heterocycles. The molecule has 0 saturated carbocycles. The van der Waals surface area contributed by atoms with Crippen LogP contribution in [0.1, 0.15) is 39.3 Å². The highest BCUT2D eigenvalue weighted by Gasteiger charge is 2.21. The van der Waals surface area contributed by atoms with Crippen LogP contribution in [0, 0.1) is 0 Å². The summed E-state index contributed by atoms with van der Waals surface area (Å²) in [5.41, 5.74) is 1.09. The first-order valence-electron chi connectivity index (χ1n) is 6.82. The van der Waals surface area contributed by atoms with Crippen molar-refractivity contribution in [3.05, 3.63) is 11.9 Å². The fourth-order valence-electron chi connectivity index (χ4n) is 2.15. The lowest BCUT2D eigenvalue weighted by molar-refractivity contribution is -0.122. The summed E-state index contributed by atoms with van der Waals surface area (Å²) >= 11 is 1.55. The van der Waals surface area contributed by atoms with Crippen LogP contribution in [-0.4, -0.2) is 33.1 Å². The summed E-state index contributed by atoms with van der Waals surface area (Å²) < 4.78 is 1.83. The number of piperidine rings is 1. The molecule has 20 heavy (non-hydrogen) atoms. The maximum atomic E-state index is 11.1. The van der Waals surface area contributed by atoms with Crippen LogP contribution in [0.4, 0.5) is 5.13 Å². The van der Waals surface area contributed by atoms with Crippen LogP contribution >= 0.6 is 11.3 Å². The Morgan fingerprint density at radius 2 is 2.30 bits per heavy atom. The van der Waals surface area contributed by atoms with Gasteiger partial charge in [0.15, 0.2) is 0 Å². The number of hydrogen-bond acceptors (Lipinski definition) is 5. The van der Waals surface area contributed by atoms with Gasteiger partial charge in [-0.2, -0.15) is 0 Å². The lowest BCUT2D eigenvalue weighted by Gasteiger charge is -2.22. The molecule has 0 spiro atoms. The van der Waals surface area contributed by atoms with Crippen LogP contribution in [-0.2, 0) is 10.2 Å². The first kappa shape index (κ1) is 13.4. The average molecular weight is 293 g/mol. The van der Waals surface area contributed by atoms with Gasteiger partial charge < -0.3 is 10.6 Å². The Morgan fingerprint density at radius 1 is 1.50 bits per heavy atom. The van der Waals surface area contributed by atoms with E-state index >= 15 is 0 Å². The van der Waals surface area contributed by atoms with E-state index in [9.17, 15) is 4.79 Å². The molecule has 7 heteroatoms. The third-order valence-corrected chi connectivity index (χ3v) is 4.26. The summed E-state index contributed by atoms with van der Waals surface area (Å²) in [5, 5.41) is 11.6. The summed E-state index contributed by atoms with van der Waals surface area (Å²) in [6.45, 7) is 7.09. The topological polar surface area (TPSA) is 71.3 Å². The number of carbonyl (C=O) groups excluding carboxylic acids is 1. The van der Waals surface area contributed by atoms with Crippen molar-refractivity contribution < 1.29 is 4.79 Å². The van der Waals surface area contributed by atoms with Crippen molar-refractivity contribution >= 4 is 27.3 Å². The van der Waals surface area contributed by atoms with E-state index < -0.39 is 0 Å². The number of hydrogen-bond donors (Lipinski definition) is 2. The van der Waals surface area contributed by atoms with E-state index in [1.807, 2.05) is 10.7 Å². The molecule has 1 amide bonds. The quantitative estimate of drug-likeness (QED) is 0.885. The Morgan fingerprint density at radius 3 is 2.90 bits per heavy atom. The van der Waals surface area contributed by atoms with Crippen LogP contribution in [0.2, 0.25) is 0 Å². The van der Waals surface area contributed by atoms with Gasteiger partial charge in [0.25, 0.3) is 0 Å². The van der Waals surface area contributed by atoms with Crippen molar-refractivity contribution in [3.63, 3.8) is 0 Å². The summed E-state index contributed by atoms with van der Waals surface area (Å²) in [6, 6.07) is 0.255. The fraction of sp³-hybridized carbons (Fsp3) is 0.615. The first-order chi connectivity index (χ1) is 9.41. The van der Waals surface area contributed by atoms with Crippen LogP contribution in [0.15, 0.2) is 6.20 Å². The van der Waals surface area contributed by atoms with Gasteiger partial charge in [-0.3, -0.25) is 4.79 Å². The third kappa shape index (κ3) is 2.63. The number of amides is 1. The lowest BCUT2D eigenvalue weighted by atomic mass is 9.93. The molecule has 0 bridgehead atoms. The predicted octanol–water partition coefficient (Wildman–Crippen LogP) is 1.78. The van der Waals surface area contributed by atoms with E-state index in [1.54, 1.807) is 11.3 Å². The van der Waals surface area contributed by atoms with Crippen molar-refractivity contribution in [2.45, 2.75) is 45.1 Å². The smallest absolute Gasteiger partial charge is 0.220 e. The molecular weight excluding hydrogens is 274 g/mol. The Labute approximate surface area is 121 Å². The second-order valence-electron chi connectivity index (χ2n) is 6.19. The van der Waals surface area contributed by atoms with Gasteiger partial charge in [-0.1, -0.05) is 32.1 Å². The molecule has 2 aromatic rings. The van der Waals surface area contributed by atoms with Crippen molar-refractivity contribution in [2.75, 3.05) is 11.9 Å². The first-order valence-corrected chi connectivity index (χ1v) is 7.63. The zero-order chi connectivity index (χ0) is 14.3. The van der Waals surface area contributed by atoms with Crippen molar-refractivity contribution in [1.29, 1.82) is 0 Å². The molecule has 108 valence electrons. The van der Waals surface area contributed by atoms with Gasteiger partial charge in [0, 0.05) is 24.4 Å². The highest BCUT2D eigenvalue weighted by atomic mass is 32.1. The van der Waals surface area contributed by atoms with Crippen LogP contribution in [0.3, 0.4) is 0 Å². The minimum Gasteiger partial charge on any atom is -0.356 e. The van der Waals surface area contributed by atoms with E-state index in [0.29, 0.717) is 13.0 Å². The molecule has 0 radical (unpaired) electrons. The van der Waals surface area contributed by atoms with E-state index in [4.69, 9.17) is 0 Å². The second-order valence-corrected chi connectivity index (χ2v) is 7.15. The van der Waals surface area contributed by atoms with Crippen molar-refractivity contribution in [3.8, 4) is 0 Å². The minimum absolute atomic E-state index is 0.0364. The van der Waals surface area contributed by atoms with Gasteiger partial charge in [0.2, 0.25) is 16.0 Å². The summed E-state index contributed by atoms with van der Waals surface area (Å²) in [5.74, 6) is 0.131. The summed E-state index contributed by atoms with van der Waals surface area (Å²) in [6.07, 6.45) is 3.41. The number of anilines is 1. The van der Waals surface area contributed by atoms with E-state index in [0.717, 1.165) is 22.2 Å². The molecular formula is C13H19N5OS. The highest BCUT2D eigenvalue weighted by Crippen LogP contribution is 2.26. The van der Waals surface area contributed by atoms with Crippen molar-refractivity contribution in [2.24, 2.45) is 0 Å². The Bertz CT molecular complexity index is 597. The van der Waals surface area contributed by atoms with Gasteiger partial charge in [-0.05, 0) is 6.42 Å². The third-order valence-electron chi connectivity index (χ3n) is 3.40. The number of nitrogens with one attached hydrogen (secondary N) is 2. The van der Waals surface area contributed by atoms with Gasteiger partial charge >= 0.3 is 0 Å². The Kier molecular flexibility index (Phi) is 3.16. The standard InChI is InChI=1S/C13H19N5OS/c1-13(2,3)9-7-18-12(16-9)20-11(17-18)15-8-4-5-10(19)14-6-8/h7-8H,4-6H2,1-3H3,(H,14,19)(H,15,17). The number of fused-ring (bicyclic) bond motifs is 1. The normalized spacial score (nSPS) is 20.1. The fourth-order valence-corrected chi connectivity index (χ4v) is 3.01. The monoisotopic (exact) mass is 293 g/mol. The van der Waals surface area contributed by atoms with Crippen molar-refractivity contribution in [1.82, 2.24) is 19.9 Å². The van der Waals surface area contributed by atoms with Crippen LogP contribution in [0.5, 0.6) is 0 Å². The van der Waals surface area contributed by atoms with Gasteiger partial charge in [-0.25, -0.2) is 9.50 Å². The number of aromatic nitrogens is 3. The van der Waals surface area contributed by atoms with Crippen LogP contribution < -0.4 is 10.6 Å². The number of carbonyl (C=O) groups is 1. The highest BCUT2D eigenvalue weighted by molar-refractivity contribution is 7.20. The summed E-state index contributed by atoms with van der Waals surface area (Å²) in [4.78, 5) is 16.6. The molecule has 3 heterocycles. The molecule has 2 aromatic heterocycles. The molecule has 1 aliphatic heterocycles. The lowest BCUT2D eigenvalue weighted by Crippen LogP contribution is -2.41. The maximum Gasteiger partial charge on any atom is 0.220 e. The molecule has 1 aliphatic rings. The molecule has 1 fully saturated rings. The average Bonchev–Trinajstić information content (AvgIpc) is 2.89. The SMILES string of the molecule is CC(C)(C)c1cn2nc(NC3CCC(=O)NC3)sc2n1. The summed E-state index contributed by atoms with van der Waals surface area (Å²) in [7, 11) is 0. The zero-order valence-electron chi connectivity index (χ0n) is 11.9. The number of nitrogens with zero attached hydrogens (tertiary/aromatic N) is 3. The van der Waals surface area contributed by atoms with E-state index in [1.165, 1.54) is 0 Å².